The Bertz CT molecular complexity index is 1430. The Kier molecular flexibility index (Phi) is 5.60. The van der Waals surface area contributed by atoms with Gasteiger partial charge in [-0.3, -0.25) is 9.36 Å². The molecule has 1 N–H and O–H groups in total. The Morgan fingerprint density at radius 1 is 1.17 bits per heavy atom. The summed E-state index contributed by atoms with van der Waals surface area (Å²) in [5.41, 5.74) is 0.590. The van der Waals surface area contributed by atoms with Gasteiger partial charge in [-0.1, -0.05) is 41.0 Å². The fourth-order valence-electron chi connectivity index (χ4n) is 3.07. The van der Waals surface area contributed by atoms with Gasteiger partial charge in [-0.2, -0.15) is 0 Å². The average molecular weight is 461 g/mol. The van der Waals surface area contributed by atoms with E-state index >= 15 is 0 Å². The molecule has 0 radical (unpaired) electrons. The summed E-state index contributed by atoms with van der Waals surface area (Å²) in [7, 11) is 0. The van der Waals surface area contributed by atoms with Gasteiger partial charge in [0, 0.05) is 34.8 Å². The van der Waals surface area contributed by atoms with Crippen LogP contribution in [0.15, 0.2) is 68.2 Å². The number of aromatic hydroxyl groups is 1. The molecule has 0 aliphatic carbocycles. The Morgan fingerprint density at radius 2 is 1.97 bits per heavy atom. The third kappa shape index (κ3) is 3.84. The van der Waals surface area contributed by atoms with E-state index in [0.29, 0.717) is 37.8 Å². The molecular weight excluding hydrogens is 447 g/mol. The molecule has 4 rings (SSSR count). The summed E-state index contributed by atoms with van der Waals surface area (Å²) in [5.74, 6) is 0.142. The number of hydrogen-bond acceptors (Lipinski definition) is 6. The lowest BCUT2D eigenvalue weighted by atomic mass is 10.1. The van der Waals surface area contributed by atoms with E-state index in [0.717, 1.165) is 0 Å². The van der Waals surface area contributed by atoms with Gasteiger partial charge in [0.1, 0.15) is 11.3 Å². The minimum absolute atomic E-state index is 0.143. The molecule has 0 aliphatic heterocycles. The molecule has 9 heteroatoms. The quantitative estimate of drug-likeness (QED) is 0.195. The number of fused-ring (bicyclic) bond motifs is 2. The number of phenols is 1. The van der Waals surface area contributed by atoms with Crippen LogP contribution in [0, 0.1) is 0 Å². The molecule has 152 valence electrons. The molecule has 0 saturated heterocycles. The molecule has 0 bridgehead atoms. The first-order chi connectivity index (χ1) is 14.4. The van der Waals surface area contributed by atoms with Crippen molar-refractivity contribution in [2.75, 3.05) is 0 Å². The first-order valence-electron chi connectivity index (χ1n) is 8.76. The molecule has 2 aromatic heterocycles. The van der Waals surface area contributed by atoms with Crippen molar-refractivity contribution < 1.29 is 9.52 Å². The van der Waals surface area contributed by atoms with Gasteiger partial charge in [0.2, 0.25) is 0 Å². The molecule has 0 aliphatic rings. The van der Waals surface area contributed by atoms with E-state index in [2.05, 4.69) is 11.6 Å². The highest BCUT2D eigenvalue weighted by Gasteiger charge is 2.14. The minimum atomic E-state index is -0.554. The maximum Gasteiger partial charge on any atom is 0.336 e. The molecule has 0 fully saturated rings. The number of aromatic nitrogens is 2. The lowest BCUT2D eigenvalue weighted by molar-refractivity contribution is 0.473. The second kappa shape index (κ2) is 8.18. The average Bonchev–Trinajstić information content (AvgIpc) is 2.69. The number of halogens is 2. The molecule has 0 atom stereocenters. The largest absolute Gasteiger partial charge is 0.506 e. The van der Waals surface area contributed by atoms with Gasteiger partial charge >= 0.3 is 5.63 Å². The third-order valence-electron chi connectivity index (χ3n) is 4.45. The van der Waals surface area contributed by atoms with Gasteiger partial charge in [0.25, 0.3) is 5.56 Å². The maximum absolute atomic E-state index is 12.9. The highest BCUT2D eigenvalue weighted by atomic mass is 35.5. The van der Waals surface area contributed by atoms with Crippen molar-refractivity contribution in [3.8, 4) is 5.75 Å². The van der Waals surface area contributed by atoms with Crippen molar-refractivity contribution in [3.05, 3.63) is 85.4 Å². The summed E-state index contributed by atoms with van der Waals surface area (Å²) in [6, 6.07) is 9.12. The van der Waals surface area contributed by atoms with Crippen LogP contribution in [0.4, 0.5) is 0 Å². The Hall–Kier alpha value is -2.74. The van der Waals surface area contributed by atoms with Crippen molar-refractivity contribution in [2.45, 2.75) is 17.5 Å². The molecule has 0 saturated carbocycles. The zero-order valence-corrected chi connectivity index (χ0v) is 17.7. The Labute approximate surface area is 184 Å². The first-order valence-corrected chi connectivity index (χ1v) is 10.5. The molecule has 0 amide bonds. The zero-order valence-electron chi connectivity index (χ0n) is 15.4. The highest BCUT2D eigenvalue weighted by Crippen LogP contribution is 2.32. The highest BCUT2D eigenvalue weighted by molar-refractivity contribution is 7.98. The zero-order chi connectivity index (χ0) is 21.4. The van der Waals surface area contributed by atoms with E-state index in [1.54, 1.807) is 24.3 Å². The molecule has 2 aromatic carbocycles. The first kappa shape index (κ1) is 20.5. The van der Waals surface area contributed by atoms with E-state index in [1.165, 1.54) is 34.5 Å². The predicted molar refractivity (Wildman–Crippen MR) is 120 cm³/mol. The standard InChI is InChI=1S/C21H14Cl2N2O4S/c1-2-5-25-20(28)13-4-3-12(22)7-16(13)24-21(25)30-10-11-6-19(27)29-18-9-17(26)15(23)8-14(11)18/h2-4,6-9,26H,1,5,10H2. The van der Waals surface area contributed by atoms with Gasteiger partial charge in [0.05, 0.1) is 15.9 Å². The van der Waals surface area contributed by atoms with Crippen molar-refractivity contribution in [2.24, 2.45) is 0 Å². The number of nitrogens with zero attached hydrogens (tertiary/aromatic N) is 2. The third-order valence-corrected chi connectivity index (χ3v) is 6.01. The van der Waals surface area contributed by atoms with Gasteiger partial charge in [-0.05, 0) is 29.8 Å². The molecule has 6 nitrogen and oxygen atoms in total. The second-order valence-corrected chi connectivity index (χ2v) is 8.23. The number of rotatable bonds is 5. The van der Waals surface area contributed by atoms with Crippen LogP contribution in [-0.4, -0.2) is 14.7 Å². The summed E-state index contributed by atoms with van der Waals surface area (Å²) < 4.78 is 6.67. The number of phenolic OH excluding ortho intramolecular Hbond substituents is 1. The van der Waals surface area contributed by atoms with E-state index in [1.807, 2.05) is 0 Å². The number of hydrogen-bond donors (Lipinski definition) is 1. The SMILES string of the molecule is C=CCn1c(SCc2cc(=O)oc3cc(O)c(Cl)cc23)nc2cc(Cl)ccc2c1=O. The van der Waals surface area contributed by atoms with Gasteiger partial charge < -0.3 is 9.52 Å². The summed E-state index contributed by atoms with van der Waals surface area (Å²) in [6.45, 7) is 3.99. The second-order valence-electron chi connectivity index (χ2n) is 6.44. The summed E-state index contributed by atoms with van der Waals surface area (Å²) >= 11 is 13.4. The summed E-state index contributed by atoms with van der Waals surface area (Å²) in [5, 5.41) is 11.9. The van der Waals surface area contributed by atoms with Crippen LogP contribution in [0.1, 0.15) is 5.56 Å². The molecule has 4 aromatic rings. The fraction of sp³-hybridized carbons (Fsp3) is 0.0952. The van der Waals surface area contributed by atoms with Gasteiger partial charge in [-0.25, -0.2) is 9.78 Å². The smallest absolute Gasteiger partial charge is 0.336 e. The van der Waals surface area contributed by atoms with Crippen molar-refractivity contribution in [1.29, 1.82) is 0 Å². The lowest BCUT2D eigenvalue weighted by Crippen LogP contribution is -2.22. The topological polar surface area (TPSA) is 85.3 Å². The summed E-state index contributed by atoms with van der Waals surface area (Å²) in [4.78, 5) is 29.5. The predicted octanol–water partition coefficient (Wildman–Crippen LogP) is 4.99. The summed E-state index contributed by atoms with van der Waals surface area (Å²) in [6.07, 6.45) is 1.62. The van der Waals surface area contributed by atoms with E-state index in [4.69, 9.17) is 27.6 Å². The number of benzene rings is 2. The monoisotopic (exact) mass is 460 g/mol. The molecular formula is C21H14Cl2N2O4S. The van der Waals surface area contributed by atoms with Crippen LogP contribution in [0.5, 0.6) is 5.75 Å². The van der Waals surface area contributed by atoms with Crippen molar-refractivity contribution in [1.82, 2.24) is 9.55 Å². The fourth-order valence-corrected chi connectivity index (χ4v) is 4.40. The van der Waals surface area contributed by atoms with Crippen LogP contribution in [0.25, 0.3) is 21.9 Å². The van der Waals surface area contributed by atoms with Crippen LogP contribution in [-0.2, 0) is 12.3 Å². The Balaban J connectivity index is 1.81. The van der Waals surface area contributed by atoms with Crippen LogP contribution >= 0.6 is 35.0 Å². The number of allylic oxidation sites excluding steroid dienone is 1. The van der Waals surface area contributed by atoms with Crippen molar-refractivity contribution in [3.63, 3.8) is 0 Å². The number of thioether (sulfide) groups is 1. The van der Waals surface area contributed by atoms with Crippen LogP contribution in [0.3, 0.4) is 0 Å². The normalized spacial score (nSPS) is 11.3. The Morgan fingerprint density at radius 3 is 2.73 bits per heavy atom. The maximum atomic E-state index is 12.9. The van der Waals surface area contributed by atoms with Gasteiger partial charge in [-0.15, -0.1) is 6.58 Å². The van der Waals surface area contributed by atoms with Crippen LogP contribution in [0.2, 0.25) is 10.0 Å². The lowest BCUT2D eigenvalue weighted by Gasteiger charge is -2.12. The van der Waals surface area contributed by atoms with Crippen LogP contribution < -0.4 is 11.2 Å². The molecule has 2 heterocycles. The van der Waals surface area contributed by atoms with E-state index in [9.17, 15) is 14.7 Å². The van der Waals surface area contributed by atoms with Crippen molar-refractivity contribution >= 4 is 56.8 Å². The van der Waals surface area contributed by atoms with Gasteiger partial charge in [0.15, 0.2) is 5.16 Å². The minimum Gasteiger partial charge on any atom is -0.506 e. The molecule has 0 spiro atoms. The van der Waals surface area contributed by atoms with E-state index in [-0.39, 0.29) is 28.5 Å². The molecule has 30 heavy (non-hydrogen) atoms. The molecule has 0 unspecified atom stereocenters. The van der Waals surface area contributed by atoms with E-state index < -0.39 is 5.63 Å².